The standard InChI is InChI=1S/C28H32FNO6/c1-3-34-23-9-5-8-20-25-21(28(2,36-26(20)23)12-10-24(31)32)15-18-16-30(13-11-22(18)35-25)27(33)17-6-4-7-19(29)14-17/h4-9,14,18,21-22,25H,3,10-13,15-16H2,1-2H3,(H,31,32)/t18-,21-,22-,25+,28+/m1/s1. The Morgan fingerprint density at radius 1 is 1.25 bits per heavy atom. The van der Waals surface area contributed by atoms with Crippen molar-refractivity contribution in [1.29, 1.82) is 0 Å². The second-order valence-corrected chi connectivity index (χ2v) is 10.2. The first-order valence-corrected chi connectivity index (χ1v) is 12.7. The van der Waals surface area contributed by atoms with Gasteiger partial charge in [0.2, 0.25) is 0 Å². The van der Waals surface area contributed by atoms with Crippen LogP contribution in [0.3, 0.4) is 0 Å². The molecule has 0 saturated carbocycles. The monoisotopic (exact) mass is 497 g/mol. The van der Waals surface area contributed by atoms with Crippen molar-refractivity contribution in [2.24, 2.45) is 11.8 Å². The highest BCUT2D eigenvalue weighted by Crippen LogP contribution is 2.56. The third-order valence-corrected chi connectivity index (χ3v) is 7.84. The Hall–Kier alpha value is -3.13. The Morgan fingerprint density at radius 3 is 2.81 bits per heavy atom. The lowest BCUT2D eigenvalue weighted by molar-refractivity contribution is -0.191. The van der Waals surface area contributed by atoms with Crippen LogP contribution < -0.4 is 9.47 Å². The van der Waals surface area contributed by atoms with E-state index in [0.29, 0.717) is 49.6 Å². The van der Waals surface area contributed by atoms with Gasteiger partial charge >= 0.3 is 5.97 Å². The van der Waals surface area contributed by atoms with Gasteiger partial charge in [0.05, 0.1) is 18.8 Å². The smallest absolute Gasteiger partial charge is 0.303 e. The van der Waals surface area contributed by atoms with Gasteiger partial charge in [-0.05, 0) is 57.4 Å². The lowest BCUT2D eigenvalue weighted by Gasteiger charge is -2.54. The number of para-hydroxylation sites is 1. The van der Waals surface area contributed by atoms with Gasteiger partial charge in [0, 0.05) is 42.5 Å². The fourth-order valence-corrected chi connectivity index (χ4v) is 6.03. The molecule has 2 fully saturated rings. The molecule has 3 aliphatic rings. The third-order valence-electron chi connectivity index (χ3n) is 7.84. The molecule has 3 heterocycles. The van der Waals surface area contributed by atoms with Crippen molar-refractivity contribution in [2.45, 2.75) is 57.3 Å². The average Bonchev–Trinajstić information content (AvgIpc) is 2.87. The SMILES string of the molecule is CCOc1cccc2c1O[C@@](C)(CCC(=O)O)[C@@H]1C[C@@H]3CN(C(=O)c4cccc(F)c4)CC[C@H]3O[C@@H]21. The van der Waals surface area contributed by atoms with Gasteiger partial charge in [0.15, 0.2) is 11.5 Å². The largest absolute Gasteiger partial charge is 0.490 e. The van der Waals surface area contributed by atoms with Crippen molar-refractivity contribution in [1.82, 2.24) is 4.90 Å². The molecule has 8 heteroatoms. The minimum absolute atomic E-state index is 0.0237. The summed E-state index contributed by atoms with van der Waals surface area (Å²) in [6.45, 7) is 5.40. The molecule has 36 heavy (non-hydrogen) atoms. The topological polar surface area (TPSA) is 85.3 Å². The van der Waals surface area contributed by atoms with Crippen LogP contribution in [-0.4, -0.2) is 53.3 Å². The van der Waals surface area contributed by atoms with Crippen molar-refractivity contribution in [3.63, 3.8) is 0 Å². The molecule has 0 spiro atoms. The summed E-state index contributed by atoms with van der Waals surface area (Å²) in [5.41, 5.74) is 0.492. The van der Waals surface area contributed by atoms with Crippen LogP contribution in [0.1, 0.15) is 61.6 Å². The van der Waals surface area contributed by atoms with Crippen LogP contribution in [0.2, 0.25) is 0 Å². The number of likely N-dealkylation sites (tertiary alicyclic amines) is 1. The number of piperidine rings is 1. The molecule has 7 nitrogen and oxygen atoms in total. The molecule has 1 N–H and O–H groups in total. The summed E-state index contributed by atoms with van der Waals surface area (Å²) in [6, 6.07) is 11.6. The maximum Gasteiger partial charge on any atom is 0.303 e. The van der Waals surface area contributed by atoms with Crippen LogP contribution in [0.4, 0.5) is 4.39 Å². The zero-order valence-electron chi connectivity index (χ0n) is 20.6. The van der Waals surface area contributed by atoms with Gasteiger partial charge in [-0.15, -0.1) is 0 Å². The summed E-state index contributed by atoms with van der Waals surface area (Å²) in [5.74, 6) is -0.247. The third kappa shape index (κ3) is 4.54. The van der Waals surface area contributed by atoms with Crippen LogP contribution in [0.15, 0.2) is 42.5 Å². The number of carbonyl (C=O) groups is 2. The predicted molar refractivity (Wildman–Crippen MR) is 130 cm³/mol. The number of aliphatic carboxylic acids is 1. The summed E-state index contributed by atoms with van der Waals surface area (Å²) >= 11 is 0. The number of carboxylic acid groups (broad SMARTS) is 1. The fraction of sp³-hybridized carbons (Fsp3) is 0.500. The molecular formula is C28H32FNO6. The molecule has 0 radical (unpaired) electrons. The highest BCUT2D eigenvalue weighted by atomic mass is 19.1. The second kappa shape index (κ2) is 9.73. The van der Waals surface area contributed by atoms with Crippen molar-refractivity contribution >= 4 is 11.9 Å². The maximum atomic E-state index is 13.7. The molecule has 5 rings (SSSR count). The number of carboxylic acids is 1. The number of hydrogen-bond acceptors (Lipinski definition) is 5. The Balaban J connectivity index is 1.43. The molecule has 2 aromatic rings. The van der Waals surface area contributed by atoms with E-state index >= 15 is 0 Å². The molecule has 2 aromatic carbocycles. The Morgan fingerprint density at radius 2 is 2.06 bits per heavy atom. The quantitative estimate of drug-likeness (QED) is 0.614. The minimum atomic E-state index is -0.876. The molecule has 2 saturated heterocycles. The lowest BCUT2D eigenvalue weighted by atomic mass is 9.68. The highest BCUT2D eigenvalue weighted by Gasteiger charge is 2.54. The van der Waals surface area contributed by atoms with Crippen LogP contribution in [0.25, 0.3) is 0 Å². The molecular weight excluding hydrogens is 465 g/mol. The number of ether oxygens (including phenoxy) is 3. The van der Waals surface area contributed by atoms with Gasteiger partial charge in [-0.25, -0.2) is 4.39 Å². The summed E-state index contributed by atoms with van der Waals surface area (Å²) in [6.07, 6.45) is 1.44. The molecule has 0 unspecified atom stereocenters. The molecule has 1 amide bonds. The van der Waals surface area contributed by atoms with Crippen LogP contribution in [0.5, 0.6) is 11.5 Å². The number of fused-ring (bicyclic) bond motifs is 4. The highest BCUT2D eigenvalue weighted by molar-refractivity contribution is 5.94. The van der Waals surface area contributed by atoms with E-state index in [9.17, 15) is 19.1 Å². The number of halogens is 1. The number of hydrogen-bond donors (Lipinski definition) is 1. The van der Waals surface area contributed by atoms with E-state index in [1.165, 1.54) is 12.1 Å². The zero-order valence-corrected chi connectivity index (χ0v) is 20.6. The molecule has 3 aliphatic heterocycles. The Bertz CT molecular complexity index is 1150. The molecule has 5 atom stereocenters. The van der Waals surface area contributed by atoms with Crippen molar-refractivity contribution in [2.75, 3.05) is 19.7 Å². The fourth-order valence-electron chi connectivity index (χ4n) is 6.03. The summed E-state index contributed by atoms with van der Waals surface area (Å²) in [4.78, 5) is 26.3. The predicted octanol–water partition coefficient (Wildman–Crippen LogP) is 4.85. The van der Waals surface area contributed by atoms with Crippen LogP contribution in [0, 0.1) is 17.7 Å². The number of rotatable bonds is 6. The van der Waals surface area contributed by atoms with E-state index < -0.39 is 17.4 Å². The van der Waals surface area contributed by atoms with E-state index in [1.807, 2.05) is 32.0 Å². The van der Waals surface area contributed by atoms with Crippen LogP contribution in [-0.2, 0) is 9.53 Å². The molecule has 0 bridgehead atoms. The lowest BCUT2D eigenvalue weighted by Crippen LogP contribution is -2.57. The van der Waals surface area contributed by atoms with Gasteiger partial charge in [-0.3, -0.25) is 9.59 Å². The minimum Gasteiger partial charge on any atom is -0.490 e. The van der Waals surface area contributed by atoms with E-state index in [4.69, 9.17) is 14.2 Å². The summed E-state index contributed by atoms with van der Waals surface area (Å²) in [5, 5.41) is 9.42. The summed E-state index contributed by atoms with van der Waals surface area (Å²) in [7, 11) is 0. The van der Waals surface area contributed by atoms with Gasteiger partial charge < -0.3 is 24.2 Å². The van der Waals surface area contributed by atoms with Crippen molar-refractivity contribution in [3.05, 3.63) is 59.4 Å². The number of benzene rings is 2. The Labute approximate surface area is 210 Å². The van der Waals surface area contributed by atoms with Crippen LogP contribution >= 0.6 is 0 Å². The molecule has 192 valence electrons. The van der Waals surface area contributed by atoms with Crippen molar-refractivity contribution in [3.8, 4) is 11.5 Å². The normalized spacial score (nSPS) is 28.8. The number of nitrogens with zero attached hydrogens (tertiary/aromatic N) is 1. The molecule has 0 aromatic heterocycles. The zero-order chi connectivity index (χ0) is 25.4. The van der Waals surface area contributed by atoms with Gasteiger partial charge in [-0.2, -0.15) is 0 Å². The second-order valence-electron chi connectivity index (χ2n) is 10.2. The number of amides is 1. The first kappa shape index (κ1) is 24.6. The van der Waals surface area contributed by atoms with Gasteiger partial charge in [0.1, 0.15) is 11.4 Å². The maximum absolute atomic E-state index is 13.7. The summed E-state index contributed by atoms with van der Waals surface area (Å²) < 4.78 is 32.8. The first-order chi connectivity index (χ1) is 17.3. The van der Waals surface area contributed by atoms with E-state index in [-0.39, 0.29) is 36.4 Å². The van der Waals surface area contributed by atoms with Crippen molar-refractivity contribution < 1.29 is 33.3 Å². The first-order valence-electron chi connectivity index (χ1n) is 12.7. The van der Waals surface area contributed by atoms with Gasteiger partial charge in [0.25, 0.3) is 5.91 Å². The Kier molecular flexibility index (Phi) is 6.64. The van der Waals surface area contributed by atoms with E-state index in [0.717, 1.165) is 12.0 Å². The average molecular weight is 498 g/mol. The van der Waals surface area contributed by atoms with E-state index in [2.05, 4.69) is 0 Å². The number of carbonyl (C=O) groups excluding carboxylic acids is 1. The van der Waals surface area contributed by atoms with E-state index in [1.54, 1.807) is 17.0 Å². The molecule has 0 aliphatic carbocycles. The van der Waals surface area contributed by atoms with Gasteiger partial charge in [-0.1, -0.05) is 18.2 Å².